The number of pyridine rings is 2. The van der Waals surface area contributed by atoms with Gasteiger partial charge in [-0.3, -0.25) is 9.97 Å². The smallest absolute Gasteiger partial charge is 0.235 e. The summed E-state index contributed by atoms with van der Waals surface area (Å²) in [6.07, 6.45) is 3.47. The summed E-state index contributed by atoms with van der Waals surface area (Å²) in [5, 5.41) is 13.6. The van der Waals surface area contributed by atoms with Gasteiger partial charge in [-0.15, -0.1) is 10.2 Å². The van der Waals surface area contributed by atoms with Gasteiger partial charge in [0, 0.05) is 12.4 Å². The largest absolute Gasteiger partial charge is 0.254 e. The molecule has 20 heavy (non-hydrogen) atoms. The lowest BCUT2D eigenvalue weighted by Gasteiger charge is -1.94. The van der Waals surface area contributed by atoms with Crippen LogP contribution in [0.15, 0.2) is 48.8 Å². The molecule has 0 amide bonds. The molecular weight excluding hydrogens is 272 g/mol. The molecule has 0 aliphatic heterocycles. The quantitative estimate of drug-likeness (QED) is 0.563. The number of fused-ring (bicyclic) bond motifs is 1. The van der Waals surface area contributed by atoms with Crippen LogP contribution in [0.4, 0.5) is 0 Å². The fraction of sp³-hybridized carbons (Fsp3) is 0. The molecule has 0 bridgehead atoms. The minimum Gasteiger partial charge on any atom is -0.254 e. The fourth-order valence-electron chi connectivity index (χ4n) is 1.86. The van der Waals surface area contributed by atoms with Gasteiger partial charge in [0.05, 0.1) is 0 Å². The molecule has 0 N–H and O–H groups in total. The van der Waals surface area contributed by atoms with Crippen molar-refractivity contribution in [1.29, 1.82) is 0 Å². The van der Waals surface area contributed by atoms with Crippen LogP contribution in [0.2, 0.25) is 0 Å². The molecule has 0 saturated carbocycles. The lowest BCUT2D eigenvalue weighted by atomic mass is 10.3. The predicted octanol–water partition coefficient (Wildman–Crippen LogP) is 2.31. The Labute approximate surface area is 117 Å². The Balaban J connectivity index is 1.88. The van der Waals surface area contributed by atoms with Crippen molar-refractivity contribution in [3.63, 3.8) is 0 Å². The molecule has 4 aromatic rings. The highest BCUT2D eigenvalue weighted by Gasteiger charge is 2.15. The van der Waals surface area contributed by atoms with Crippen molar-refractivity contribution >= 4 is 16.3 Å². The zero-order chi connectivity index (χ0) is 13.4. The van der Waals surface area contributed by atoms with E-state index in [1.54, 1.807) is 16.9 Å². The van der Waals surface area contributed by atoms with Crippen molar-refractivity contribution < 1.29 is 0 Å². The molecule has 0 saturated heterocycles. The van der Waals surface area contributed by atoms with Crippen molar-refractivity contribution in [2.75, 3.05) is 0 Å². The summed E-state index contributed by atoms with van der Waals surface area (Å²) in [6.45, 7) is 0. The summed E-state index contributed by atoms with van der Waals surface area (Å²) in [4.78, 5) is 9.30. The van der Waals surface area contributed by atoms with E-state index in [9.17, 15) is 0 Å². The first-order chi connectivity index (χ1) is 9.92. The van der Waals surface area contributed by atoms with Crippen molar-refractivity contribution in [1.82, 2.24) is 29.8 Å². The molecule has 6 nitrogen and oxygen atoms in total. The number of rotatable bonds is 2. The normalized spacial score (nSPS) is 11.0. The second-order valence-electron chi connectivity index (χ2n) is 4.06. The standard InChI is InChI=1S/C13H8N6S/c1-3-7-14-9(5-1)11-16-17-13-19(11)18-12(20-13)10-6-2-4-8-15-10/h1-8H. The van der Waals surface area contributed by atoms with Gasteiger partial charge in [-0.05, 0) is 24.3 Å². The van der Waals surface area contributed by atoms with Crippen molar-refractivity contribution in [2.45, 2.75) is 0 Å². The molecule has 96 valence electrons. The van der Waals surface area contributed by atoms with Crippen molar-refractivity contribution in [3.8, 4) is 22.2 Å². The third kappa shape index (κ3) is 1.76. The zero-order valence-corrected chi connectivity index (χ0v) is 11.0. The van der Waals surface area contributed by atoms with Crippen LogP contribution in [-0.4, -0.2) is 29.8 Å². The molecule has 7 heteroatoms. The molecule has 0 aliphatic rings. The maximum Gasteiger partial charge on any atom is 0.235 e. The Morgan fingerprint density at radius 1 is 0.850 bits per heavy atom. The van der Waals surface area contributed by atoms with E-state index < -0.39 is 0 Å². The lowest BCUT2D eigenvalue weighted by molar-refractivity contribution is 0.958. The molecule has 4 aromatic heterocycles. The highest BCUT2D eigenvalue weighted by atomic mass is 32.1. The minimum absolute atomic E-state index is 0.638. The molecule has 0 unspecified atom stereocenters. The second-order valence-corrected chi connectivity index (χ2v) is 5.01. The monoisotopic (exact) mass is 280 g/mol. The van der Waals surface area contributed by atoms with E-state index in [1.165, 1.54) is 11.3 Å². The van der Waals surface area contributed by atoms with Crippen LogP contribution in [0, 0.1) is 0 Å². The topological polar surface area (TPSA) is 68.9 Å². The maximum absolute atomic E-state index is 4.53. The molecule has 0 fully saturated rings. The van der Waals surface area contributed by atoms with E-state index >= 15 is 0 Å². The molecular formula is C13H8N6S. The number of hydrogen-bond donors (Lipinski definition) is 0. The van der Waals surface area contributed by atoms with Crippen LogP contribution < -0.4 is 0 Å². The third-order valence-electron chi connectivity index (χ3n) is 2.77. The highest BCUT2D eigenvalue weighted by Crippen LogP contribution is 2.25. The number of aromatic nitrogens is 6. The van der Waals surface area contributed by atoms with Gasteiger partial charge in [0.25, 0.3) is 0 Å². The average Bonchev–Trinajstić information content (AvgIpc) is 3.09. The van der Waals surface area contributed by atoms with E-state index in [1.807, 2.05) is 36.4 Å². The molecule has 0 radical (unpaired) electrons. The summed E-state index contributed by atoms with van der Waals surface area (Å²) in [5.41, 5.74) is 1.58. The van der Waals surface area contributed by atoms with E-state index in [0.29, 0.717) is 5.82 Å². The molecule has 0 spiro atoms. The minimum atomic E-state index is 0.638. The van der Waals surface area contributed by atoms with Gasteiger partial charge < -0.3 is 0 Å². The van der Waals surface area contributed by atoms with E-state index in [4.69, 9.17) is 0 Å². The van der Waals surface area contributed by atoms with E-state index in [-0.39, 0.29) is 0 Å². The maximum atomic E-state index is 4.53. The van der Waals surface area contributed by atoms with Gasteiger partial charge in [-0.2, -0.15) is 9.61 Å². The van der Waals surface area contributed by atoms with Gasteiger partial charge in [-0.1, -0.05) is 23.5 Å². The summed E-state index contributed by atoms with van der Waals surface area (Å²) in [7, 11) is 0. The Morgan fingerprint density at radius 2 is 1.60 bits per heavy atom. The molecule has 4 rings (SSSR count). The Hall–Kier alpha value is -2.67. The van der Waals surface area contributed by atoms with Crippen molar-refractivity contribution in [2.24, 2.45) is 0 Å². The number of nitrogens with zero attached hydrogens (tertiary/aromatic N) is 6. The SMILES string of the molecule is c1ccc(-c2nn3c(-c4ccccn4)nnc3s2)nc1. The van der Waals surface area contributed by atoms with Crippen LogP contribution in [0.5, 0.6) is 0 Å². The average molecular weight is 280 g/mol. The zero-order valence-electron chi connectivity index (χ0n) is 10.2. The molecule has 0 atom stereocenters. The first kappa shape index (κ1) is 11.2. The summed E-state index contributed by atoms with van der Waals surface area (Å²) >= 11 is 1.45. The van der Waals surface area contributed by atoms with Crippen molar-refractivity contribution in [3.05, 3.63) is 48.8 Å². The number of hydrogen-bond acceptors (Lipinski definition) is 6. The Bertz CT molecular complexity index is 852. The van der Waals surface area contributed by atoms with E-state index in [2.05, 4.69) is 25.3 Å². The first-order valence-corrected chi connectivity index (χ1v) is 6.78. The second kappa shape index (κ2) is 4.46. The van der Waals surface area contributed by atoms with Crippen LogP contribution >= 0.6 is 11.3 Å². The van der Waals surface area contributed by atoms with Gasteiger partial charge in [0.2, 0.25) is 10.8 Å². The third-order valence-corrected chi connectivity index (χ3v) is 3.69. The van der Waals surface area contributed by atoms with Crippen LogP contribution in [-0.2, 0) is 0 Å². The first-order valence-electron chi connectivity index (χ1n) is 5.97. The Morgan fingerprint density at radius 3 is 2.30 bits per heavy atom. The molecule has 0 aliphatic carbocycles. The van der Waals surface area contributed by atoms with Crippen LogP contribution in [0.3, 0.4) is 0 Å². The van der Waals surface area contributed by atoms with Gasteiger partial charge in [0.15, 0.2) is 5.01 Å². The van der Waals surface area contributed by atoms with E-state index in [0.717, 1.165) is 21.4 Å². The fourth-order valence-corrected chi connectivity index (χ4v) is 2.68. The molecule has 0 aromatic carbocycles. The predicted molar refractivity (Wildman–Crippen MR) is 75.1 cm³/mol. The summed E-state index contributed by atoms with van der Waals surface area (Å²) in [5.74, 6) is 0.638. The lowest BCUT2D eigenvalue weighted by Crippen LogP contribution is -1.93. The van der Waals surface area contributed by atoms with Crippen LogP contribution in [0.1, 0.15) is 0 Å². The van der Waals surface area contributed by atoms with Gasteiger partial charge in [0.1, 0.15) is 11.4 Å². The van der Waals surface area contributed by atoms with Crippen LogP contribution in [0.25, 0.3) is 27.2 Å². The summed E-state index contributed by atoms with van der Waals surface area (Å²) in [6, 6.07) is 11.4. The highest BCUT2D eigenvalue weighted by molar-refractivity contribution is 7.19. The van der Waals surface area contributed by atoms with Gasteiger partial charge >= 0.3 is 0 Å². The van der Waals surface area contributed by atoms with Gasteiger partial charge in [-0.25, -0.2) is 0 Å². The molecule has 4 heterocycles. The Kier molecular flexibility index (Phi) is 2.49. The summed E-state index contributed by atoms with van der Waals surface area (Å²) < 4.78 is 1.71.